The highest BCUT2D eigenvalue weighted by molar-refractivity contribution is 6.35. The first-order valence-corrected chi connectivity index (χ1v) is 10.6. The van der Waals surface area contributed by atoms with Crippen molar-refractivity contribution >= 4 is 29.4 Å². The van der Waals surface area contributed by atoms with Gasteiger partial charge < -0.3 is 25.2 Å². The Kier molecular flexibility index (Phi) is 8.21. The van der Waals surface area contributed by atoms with Crippen LogP contribution in [0.1, 0.15) is 12.0 Å². The highest BCUT2D eigenvalue weighted by Crippen LogP contribution is 2.23. The van der Waals surface area contributed by atoms with Gasteiger partial charge in [0.05, 0.1) is 13.2 Å². The van der Waals surface area contributed by atoms with E-state index in [9.17, 15) is 19.5 Å². The van der Waals surface area contributed by atoms with Crippen LogP contribution in [-0.2, 0) is 25.5 Å². The zero-order valence-electron chi connectivity index (χ0n) is 17.4. The summed E-state index contributed by atoms with van der Waals surface area (Å²) in [4.78, 5) is 37.4. The average molecular weight is 461 g/mol. The van der Waals surface area contributed by atoms with Crippen LogP contribution in [0.25, 0.3) is 11.1 Å². The summed E-state index contributed by atoms with van der Waals surface area (Å²) < 4.78 is 5.19. The minimum Gasteiger partial charge on any atom is -0.479 e. The molecule has 1 heterocycles. The molecule has 3 N–H and O–H groups in total. The first kappa shape index (κ1) is 23.7. The molecule has 2 aromatic carbocycles. The number of carbonyl (C=O) groups excluding carboxylic acids is 2. The summed E-state index contributed by atoms with van der Waals surface area (Å²) in [5.41, 5.74) is 2.72. The molecular formula is C23H25ClN2O6. The molecule has 0 spiro atoms. The molecule has 0 radical (unpaired) electrons. The lowest BCUT2D eigenvalue weighted by Gasteiger charge is -2.27. The number of nitrogens with one attached hydrogen (secondary N) is 1. The van der Waals surface area contributed by atoms with E-state index in [-0.39, 0.29) is 12.8 Å². The van der Waals surface area contributed by atoms with Crippen LogP contribution in [-0.4, -0.2) is 71.3 Å². The number of carboxylic acid groups (broad SMARTS) is 1. The summed E-state index contributed by atoms with van der Waals surface area (Å²) >= 11 is 6.05. The van der Waals surface area contributed by atoms with Gasteiger partial charge in [0.2, 0.25) is 0 Å². The summed E-state index contributed by atoms with van der Waals surface area (Å²) in [6.45, 7) is 1.36. The molecular weight excluding hydrogens is 436 g/mol. The van der Waals surface area contributed by atoms with Crippen molar-refractivity contribution in [2.75, 3.05) is 26.3 Å². The molecule has 1 fully saturated rings. The van der Waals surface area contributed by atoms with Gasteiger partial charge in [-0.3, -0.25) is 9.59 Å². The van der Waals surface area contributed by atoms with Gasteiger partial charge in [-0.05, 0) is 35.2 Å². The fraction of sp³-hybridized carbons (Fsp3) is 0.348. The topological polar surface area (TPSA) is 116 Å². The Morgan fingerprint density at radius 2 is 1.75 bits per heavy atom. The highest BCUT2D eigenvalue weighted by atomic mass is 35.5. The average Bonchev–Trinajstić information content (AvgIpc) is 2.79. The number of aliphatic hydroxyl groups is 1. The summed E-state index contributed by atoms with van der Waals surface area (Å²) in [6, 6.07) is 14.2. The number of benzene rings is 2. The Morgan fingerprint density at radius 1 is 1.06 bits per heavy atom. The molecule has 0 aliphatic carbocycles. The van der Waals surface area contributed by atoms with Crippen LogP contribution in [0.3, 0.4) is 0 Å². The van der Waals surface area contributed by atoms with E-state index >= 15 is 0 Å². The van der Waals surface area contributed by atoms with Gasteiger partial charge in [-0.1, -0.05) is 48.0 Å². The number of halogens is 1. The SMILES string of the molecule is O=C(N[C@H](Cc1ccc(-c2cccc(Cl)c2)cc1)C[C@@H](O)C(=O)O)C(=O)N1CCOCC1. The molecule has 0 saturated carbocycles. The van der Waals surface area contributed by atoms with E-state index in [1.165, 1.54) is 4.90 Å². The molecule has 3 rings (SSSR count). The van der Waals surface area contributed by atoms with E-state index in [0.29, 0.717) is 31.3 Å². The first-order valence-electron chi connectivity index (χ1n) is 10.3. The van der Waals surface area contributed by atoms with Gasteiger partial charge in [-0.2, -0.15) is 0 Å². The van der Waals surface area contributed by atoms with Crippen molar-refractivity contribution in [2.24, 2.45) is 0 Å². The number of aliphatic hydroxyl groups excluding tert-OH is 1. The molecule has 170 valence electrons. The molecule has 1 aliphatic heterocycles. The number of carbonyl (C=O) groups is 3. The van der Waals surface area contributed by atoms with Crippen molar-refractivity contribution < 1.29 is 29.3 Å². The second-order valence-corrected chi connectivity index (χ2v) is 8.01. The zero-order chi connectivity index (χ0) is 23.1. The third kappa shape index (κ3) is 6.53. The number of rotatable bonds is 7. The Bertz CT molecular complexity index is 959. The standard InChI is InChI=1S/C23H25ClN2O6/c24-18-3-1-2-17(13-18)16-6-4-15(5-7-16)12-19(14-20(27)23(30)31)25-21(28)22(29)26-8-10-32-11-9-26/h1-7,13,19-20,27H,8-12,14H2,(H,25,28)(H,30,31)/t19-,20-/m1/s1. The van der Waals surface area contributed by atoms with E-state index in [0.717, 1.165) is 16.7 Å². The zero-order valence-corrected chi connectivity index (χ0v) is 18.1. The van der Waals surface area contributed by atoms with Crippen molar-refractivity contribution in [1.29, 1.82) is 0 Å². The number of aliphatic carboxylic acids is 1. The molecule has 0 bridgehead atoms. The number of carboxylic acids is 1. The predicted molar refractivity (Wildman–Crippen MR) is 118 cm³/mol. The number of hydrogen-bond donors (Lipinski definition) is 3. The molecule has 8 nitrogen and oxygen atoms in total. The lowest BCUT2D eigenvalue weighted by Crippen LogP contribution is -2.51. The third-order valence-corrected chi connectivity index (χ3v) is 5.45. The number of amides is 2. The minimum atomic E-state index is -1.66. The summed E-state index contributed by atoms with van der Waals surface area (Å²) in [6.07, 6.45) is -1.64. The molecule has 9 heteroatoms. The number of hydrogen-bond acceptors (Lipinski definition) is 5. The van der Waals surface area contributed by atoms with E-state index in [4.69, 9.17) is 21.4 Å². The molecule has 2 amide bonds. The number of morpholine rings is 1. The smallest absolute Gasteiger partial charge is 0.332 e. The quantitative estimate of drug-likeness (QED) is 0.542. The van der Waals surface area contributed by atoms with Crippen LogP contribution in [0.4, 0.5) is 0 Å². The lowest BCUT2D eigenvalue weighted by atomic mass is 9.97. The van der Waals surface area contributed by atoms with Gasteiger partial charge in [0, 0.05) is 30.6 Å². The van der Waals surface area contributed by atoms with E-state index in [2.05, 4.69) is 5.32 Å². The van der Waals surface area contributed by atoms with Crippen LogP contribution in [0, 0.1) is 0 Å². The monoisotopic (exact) mass is 460 g/mol. The molecule has 32 heavy (non-hydrogen) atoms. The van der Waals surface area contributed by atoms with Crippen LogP contribution < -0.4 is 5.32 Å². The van der Waals surface area contributed by atoms with Crippen LogP contribution in [0.2, 0.25) is 5.02 Å². The second kappa shape index (κ2) is 11.1. The van der Waals surface area contributed by atoms with Crippen molar-refractivity contribution in [3.05, 3.63) is 59.1 Å². The third-order valence-electron chi connectivity index (χ3n) is 5.21. The summed E-state index contributed by atoms with van der Waals surface area (Å²) in [5.74, 6) is -2.91. The maximum absolute atomic E-state index is 12.5. The lowest BCUT2D eigenvalue weighted by molar-refractivity contribution is -0.149. The van der Waals surface area contributed by atoms with Crippen LogP contribution in [0.5, 0.6) is 0 Å². The fourth-order valence-corrected chi connectivity index (χ4v) is 3.70. The van der Waals surface area contributed by atoms with Gasteiger partial charge in [0.1, 0.15) is 0 Å². The molecule has 1 saturated heterocycles. The molecule has 0 unspecified atom stereocenters. The van der Waals surface area contributed by atoms with Crippen LogP contribution in [0.15, 0.2) is 48.5 Å². The van der Waals surface area contributed by atoms with E-state index in [1.807, 2.05) is 42.5 Å². The van der Waals surface area contributed by atoms with Crippen molar-refractivity contribution in [1.82, 2.24) is 10.2 Å². The maximum Gasteiger partial charge on any atom is 0.332 e. The van der Waals surface area contributed by atoms with Gasteiger partial charge >= 0.3 is 17.8 Å². The largest absolute Gasteiger partial charge is 0.479 e. The Hall–Kier alpha value is -2.94. The Labute approximate surface area is 190 Å². The summed E-state index contributed by atoms with van der Waals surface area (Å²) in [5, 5.41) is 22.1. The second-order valence-electron chi connectivity index (χ2n) is 7.58. The highest BCUT2D eigenvalue weighted by Gasteiger charge is 2.28. The Morgan fingerprint density at radius 3 is 2.38 bits per heavy atom. The minimum absolute atomic E-state index is 0.229. The molecule has 2 atom stereocenters. The van der Waals surface area contributed by atoms with E-state index in [1.54, 1.807) is 6.07 Å². The van der Waals surface area contributed by atoms with E-state index < -0.39 is 29.9 Å². The van der Waals surface area contributed by atoms with Crippen molar-refractivity contribution in [2.45, 2.75) is 25.0 Å². The maximum atomic E-state index is 12.5. The van der Waals surface area contributed by atoms with Gasteiger partial charge in [-0.25, -0.2) is 4.79 Å². The van der Waals surface area contributed by atoms with Crippen molar-refractivity contribution in [3.8, 4) is 11.1 Å². The normalized spacial score (nSPS) is 15.6. The van der Waals surface area contributed by atoms with Gasteiger partial charge in [-0.15, -0.1) is 0 Å². The van der Waals surface area contributed by atoms with Crippen LogP contribution >= 0.6 is 11.6 Å². The van der Waals surface area contributed by atoms with Crippen molar-refractivity contribution in [3.63, 3.8) is 0 Å². The fourth-order valence-electron chi connectivity index (χ4n) is 3.51. The predicted octanol–water partition coefficient (Wildman–Crippen LogP) is 1.73. The first-order chi connectivity index (χ1) is 15.3. The van der Waals surface area contributed by atoms with Gasteiger partial charge in [0.15, 0.2) is 6.10 Å². The Balaban J connectivity index is 1.70. The molecule has 1 aliphatic rings. The number of nitrogens with zero attached hydrogens (tertiary/aromatic N) is 1. The summed E-state index contributed by atoms with van der Waals surface area (Å²) in [7, 11) is 0. The van der Waals surface area contributed by atoms with Gasteiger partial charge in [0.25, 0.3) is 0 Å². The molecule has 2 aromatic rings. The molecule has 0 aromatic heterocycles. The number of ether oxygens (including phenoxy) is 1.